The van der Waals surface area contributed by atoms with Crippen molar-refractivity contribution in [2.24, 2.45) is 29.1 Å². The minimum absolute atomic E-state index is 0.175. The zero-order valence-corrected chi connectivity index (χ0v) is 14.8. The predicted octanol–water partition coefficient (Wildman–Crippen LogP) is 4.66. The normalized spacial score (nSPS) is 49.2. The Bertz CT molecular complexity index is 536. The maximum atomic E-state index is 11.8. The molecule has 0 bridgehead atoms. The fraction of sp³-hybridized carbons (Fsp3) is 0.857. The Labute approximate surface area is 140 Å². The van der Waals surface area contributed by atoms with E-state index >= 15 is 0 Å². The number of allylic oxidation sites excluding steroid dienone is 1. The van der Waals surface area contributed by atoms with Gasteiger partial charge in [-0.15, -0.1) is 0 Å². The summed E-state index contributed by atoms with van der Waals surface area (Å²) in [5.74, 6) is 3.33. The summed E-state index contributed by atoms with van der Waals surface area (Å²) in [5.41, 5.74) is 1.22. The molecule has 0 aromatic carbocycles. The zero-order chi connectivity index (χ0) is 16.2. The lowest BCUT2D eigenvalue weighted by Crippen LogP contribution is -2.53. The molecule has 0 aliphatic heterocycles. The SMILES string of the molecule is CC[C@]1(O)CC[C@H]2[C@H]3CCC4=CC(=O)CC[C@@H]4[C@H]3CC[C@@]21CC. The van der Waals surface area contributed by atoms with Crippen molar-refractivity contribution in [2.75, 3.05) is 0 Å². The highest BCUT2D eigenvalue weighted by Gasteiger charge is 2.62. The van der Waals surface area contributed by atoms with Gasteiger partial charge in [-0.3, -0.25) is 4.79 Å². The number of hydrogen-bond donors (Lipinski definition) is 1. The molecule has 2 heteroatoms. The lowest BCUT2D eigenvalue weighted by atomic mass is 9.49. The van der Waals surface area contributed by atoms with Gasteiger partial charge in [-0.05, 0) is 87.5 Å². The van der Waals surface area contributed by atoms with Crippen LogP contribution < -0.4 is 0 Å². The van der Waals surface area contributed by atoms with Gasteiger partial charge in [0.15, 0.2) is 5.78 Å². The fourth-order valence-corrected chi connectivity index (χ4v) is 7.40. The van der Waals surface area contributed by atoms with Gasteiger partial charge in [0.2, 0.25) is 0 Å². The Morgan fingerprint density at radius 3 is 2.61 bits per heavy atom. The smallest absolute Gasteiger partial charge is 0.155 e. The van der Waals surface area contributed by atoms with Gasteiger partial charge in [-0.25, -0.2) is 0 Å². The van der Waals surface area contributed by atoms with E-state index in [9.17, 15) is 9.90 Å². The van der Waals surface area contributed by atoms with E-state index in [-0.39, 0.29) is 5.41 Å². The molecule has 0 aromatic rings. The molecule has 23 heavy (non-hydrogen) atoms. The molecule has 0 unspecified atom stereocenters. The lowest BCUT2D eigenvalue weighted by molar-refractivity contribution is -0.132. The minimum atomic E-state index is -0.421. The van der Waals surface area contributed by atoms with Crippen LogP contribution in [0.2, 0.25) is 0 Å². The average Bonchev–Trinajstić information content (AvgIpc) is 2.88. The van der Waals surface area contributed by atoms with E-state index in [4.69, 9.17) is 0 Å². The molecule has 0 saturated heterocycles. The standard InChI is InChI=1S/C21H32O2/c1-3-20-11-9-17-16-8-6-15(22)13-14(16)5-7-18(17)19(20)10-12-21(20,23)4-2/h13,16-19,23H,3-12H2,1-2H3/t16-,17+,18-,19-,20-,21-/m0/s1. The van der Waals surface area contributed by atoms with Crippen LogP contribution in [0.15, 0.2) is 11.6 Å². The number of carbonyl (C=O) groups is 1. The second kappa shape index (κ2) is 5.44. The summed E-state index contributed by atoms with van der Waals surface area (Å²) >= 11 is 0. The Morgan fingerprint density at radius 2 is 1.87 bits per heavy atom. The minimum Gasteiger partial charge on any atom is -0.389 e. The zero-order valence-electron chi connectivity index (χ0n) is 14.8. The number of carbonyl (C=O) groups excluding carboxylic acids is 1. The Kier molecular flexibility index (Phi) is 3.75. The molecule has 4 aliphatic carbocycles. The third-order valence-corrected chi connectivity index (χ3v) is 8.52. The number of hydrogen-bond acceptors (Lipinski definition) is 2. The summed E-state index contributed by atoms with van der Waals surface area (Å²) in [4.78, 5) is 11.8. The van der Waals surface area contributed by atoms with Crippen LogP contribution in [0.3, 0.4) is 0 Å². The number of fused-ring (bicyclic) bond motifs is 5. The van der Waals surface area contributed by atoms with Crippen LogP contribution in [-0.4, -0.2) is 16.5 Å². The first-order valence-corrected chi connectivity index (χ1v) is 10.0. The molecule has 0 heterocycles. The van der Waals surface area contributed by atoms with Gasteiger partial charge in [0.1, 0.15) is 0 Å². The highest BCUT2D eigenvalue weighted by molar-refractivity contribution is 5.91. The van der Waals surface area contributed by atoms with Gasteiger partial charge in [0.25, 0.3) is 0 Å². The number of rotatable bonds is 2. The molecule has 4 aliphatic rings. The molecule has 0 spiro atoms. The van der Waals surface area contributed by atoms with E-state index < -0.39 is 5.60 Å². The van der Waals surface area contributed by atoms with Crippen LogP contribution in [-0.2, 0) is 4.79 Å². The van der Waals surface area contributed by atoms with E-state index in [1.54, 1.807) is 0 Å². The quantitative estimate of drug-likeness (QED) is 0.804. The summed E-state index contributed by atoms with van der Waals surface area (Å²) in [7, 11) is 0. The largest absolute Gasteiger partial charge is 0.389 e. The average molecular weight is 316 g/mol. The third kappa shape index (κ3) is 2.06. The van der Waals surface area contributed by atoms with Crippen LogP contribution in [0.4, 0.5) is 0 Å². The summed E-state index contributed by atoms with van der Waals surface area (Å²) in [6.45, 7) is 4.49. The maximum Gasteiger partial charge on any atom is 0.155 e. The number of aliphatic hydroxyl groups is 1. The summed E-state index contributed by atoms with van der Waals surface area (Å²) < 4.78 is 0. The van der Waals surface area contributed by atoms with Crippen LogP contribution >= 0.6 is 0 Å². The van der Waals surface area contributed by atoms with Crippen molar-refractivity contribution >= 4 is 5.78 Å². The third-order valence-electron chi connectivity index (χ3n) is 8.52. The second-order valence-electron chi connectivity index (χ2n) is 8.78. The molecule has 0 amide bonds. The van der Waals surface area contributed by atoms with Crippen molar-refractivity contribution in [2.45, 2.75) is 83.7 Å². The fourth-order valence-electron chi connectivity index (χ4n) is 7.40. The predicted molar refractivity (Wildman–Crippen MR) is 92.0 cm³/mol. The Balaban J connectivity index is 1.65. The van der Waals surface area contributed by atoms with E-state index in [1.165, 1.54) is 31.3 Å². The van der Waals surface area contributed by atoms with E-state index in [0.717, 1.165) is 56.3 Å². The molecule has 3 fully saturated rings. The first-order valence-electron chi connectivity index (χ1n) is 10.0. The Hall–Kier alpha value is -0.630. The molecule has 128 valence electrons. The molecular weight excluding hydrogens is 284 g/mol. The highest BCUT2D eigenvalue weighted by atomic mass is 16.3. The van der Waals surface area contributed by atoms with Gasteiger partial charge in [-0.1, -0.05) is 19.4 Å². The summed E-state index contributed by atoms with van der Waals surface area (Å²) in [6.07, 6.45) is 13.0. The van der Waals surface area contributed by atoms with Crippen LogP contribution in [0, 0.1) is 29.1 Å². The monoisotopic (exact) mass is 316 g/mol. The molecule has 6 atom stereocenters. The molecule has 3 saturated carbocycles. The van der Waals surface area contributed by atoms with Gasteiger partial charge in [-0.2, -0.15) is 0 Å². The van der Waals surface area contributed by atoms with Gasteiger partial charge in [0, 0.05) is 11.8 Å². The molecule has 4 rings (SSSR count). The summed E-state index contributed by atoms with van der Waals surface area (Å²) in [5, 5.41) is 11.3. The van der Waals surface area contributed by atoms with Crippen LogP contribution in [0.25, 0.3) is 0 Å². The van der Waals surface area contributed by atoms with Crippen molar-refractivity contribution in [3.8, 4) is 0 Å². The first-order chi connectivity index (χ1) is 11.0. The number of ketones is 1. The summed E-state index contributed by atoms with van der Waals surface area (Å²) in [6, 6.07) is 0. The highest BCUT2D eigenvalue weighted by Crippen LogP contribution is 2.66. The van der Waals surface area contributed by atoms with Gasteiger partial charge in [0.05, 0.1) is 5.60 Å². The van der Waals surface area contributed by atoms with Crippen molar-refractivity contribution in [3.63, 3.8) is 0 Å². The molecule has 0 radical (unpaired) electrons. The maximum absolute atomic E-state index is 11.8. The van der Waals surface area contributed by atoms with Crippen LogP contribution in [0.5, 0.6) is 0 Å². The van der Waals surface area contributed by atoms with Gasteiger partial charge < -0.3 is 5.11 Å². The van der Waals surface area contributed by atoms with E-state index in [0.29, 0.717) is 11.7 Å². The van der Waals surface area contributed by atoms with Gasteiger partial charge >= 0.3 is 0 Å². The lowest BCUT2D eigenvalue weighted by Gasteiger charge is -2.57. The molecule has 1 N–H and O–H groups in total. The van der Waals surface area contributed by atoms with E-state index in [2.05, 4.69) is 13.8 Å². The molecule has 2 nitrogen and oxygen atoms in total. The van der Waals surface area contributed by atoms with Crippen molar-refractivity contribution in [3.05, 3.63) is 11.6 Å². The topological polar surface area (TPSA) is 37.3 Å². The van der Waals surface area contributed by atoms with E-state index in [1.807, 2.05) is 6.08 Å². The Morgan fingerprint density at radius 1 is 1.04 bits per heavy atom. The second-order valence-corrected chi connectivity index (χ2v) is 8.78. The molecule has 0 aromatic heterocycles. The van der Waals surface area contributed by atoms with Crippen molar-refractivity contribution < 1.29 is 9.90 Å². The first kappa shape index (κ1) is 15.9. The molecular formula is C21H32O2. The van der Waals surface area contributed by atoms with Crippen molar-refractivity contribution in [1.82, 2.24) is 0 Å². The van der Waals surface area contributed by atoms with Crippen molar-refractivity contribution in [1.29, 1.82) is 0 Å². The van der Waals surface area contributed by atoms with Crippen LogP contribution in [0.1, 0.15) is 78.1 Å².